The Morgan fingerprint density at radius 2 is 1.29 bits per heavy atom. The number of hydrogen-bond donors (Lipinski definition) is 0. The minimum Gasteiger partial charge on any atom is -0.509 e. The largest absolute Gasteiger partial charge is 0.509 e. The number of aromatic nitrogens is 3. The van der Waals surface area contributed by atoms with E-state index < -0.39 is 42.6 Å². The second-order valence-electron chi connectivity index (χ2n) is 22.8. The number of fused-ring (bicyclic) bond motifs is 6. The van der Waals surface area contributed by atoms with E-state index in [1.54, 1.807) is 12.3 Å². The van der Waals surface area contributed by atoms with E-state index in [2.05, 4.69) is 118 Å². The molecule has 7 heteroatoms. The van der Waals surface area contributed by atoms with Crippen molar-refractivity contribution >= 4 is 66.4 Å². The Kier molecular flexibility index (Phi) is 8.78. The summed E-state index contributed by atoms with van der Waals surface area (Å²) in [7, 11) is 0. The zero-order valence-electron chi connectivity index (χ0n) is 52.6. The molecule has 7 aromatic carbocycles. The summed E-state index contributed by atoms with van der Waals surface area (Å²) in [6.07, 6.45) is 0.160. The van der Waals surface area contributed by atoms with Gasteiger partial charge in [-0.05, 0) is 93.0 Å². The van der Waals surface area contributed by atoms with Crippen LogP contribution < -0.4 is 13.7 Å². The first-order valence-corrected chi connectivity index (χ1v) is 24.5. The number of benzene rings is 7. The summed E-state index contributed by atoms with van der Waals surface area (Å²) in [6, 6.07) is 36.1. The van der Waals surface area contributed by atoms with Crippen molar-refractivity contribution in [2.24, 2.45) is 5.92 Å². The Morgan fingerprint density at radius 1 is 0.653 bits per heavy atom. The topological polar surface area (TPSA) is 32.0 Å². The van der Waals surface area contributed by atoms with Gasteiger partial charge >= 0.3 is 0 Å². The Bertz CT molecular complexity index is 4240. The molecule has 0 amide bonds. The molecular weight excluding hydrogens is 1060 g/mol. The maximum absolute atomic E-state index is 9.56. The van der Waals surface area contributed by atoms with Crippen molar-refractivity contribution in [1.29, 1.82) is 0 Å². The van der Waals surface area contributed by atoms with Crippen LogP contribution in [0, 0.1) is 24.7 Å². The van der Waals surface area contributed by atoms with Gasteiger partial charge in [0.25, 0.3) is 0 Å². The van der Waals surface area contributed by atoms with E-state index in [1.807, 2.05) is 73.0 Å². The molecule has 0 saturated carbocycles. The van der Waals surface area contributed by atoms with E-state index in [0.29, 0.717) is 49.7 Å². The summed E-state index contributed by atoms with van der Waals surface area (Å²) in [5.74, 6) is 1.20. The fraction of sp³-hybridized carbons (Fsp3) is 0.262. The fourth-order valence-electron chi connectivity index (χ4n) is 10.8. The summed E-state index contributed by atoms with van der Waals surface area (Å²) in [4.78, 5) is 4.91. The molecule has 10 aromatic rings. The van der Waals surface area contributed by atoms with Gasteiger partial charge in [0.05, 0.1) is 28.7 Å². The quantitative estimate of drug-likeness (QED) is 0.112. The monoisotopic (exact) mass is 1140 g/mol. The van der Waals surface area contributed by atoms with Gasteiger partial charge in [0, 0.05) is 92.9 Å². The number of quaternary nitrogens is 2. The average molecular weight is 1140 g/mol. The molecule has 0 spiro atoms. The molecule has 0 N–H and O–H groups in total. The first kappa shape index (κ1) is 37.4. The van der Waals surface area contributed by atoms with E-state index in [0.717, 1.165) is 44.6 Å². The van der Waals surface area contributed by atoms with Crippen molar-refractivity contribution in [3.63, 3.8) is 0 Å². The Morgan fingerprint density at radius 3 is 1.94 bits per heavy atom. The second-order valence-corrected chi connectivity index (χ2v) is 22.8. The van der Waals surface area contributed by atoms with Crippen molar-refractivity contribution in [2.75, 3.05) is 6.67 Å². The van der Waals surface area contributed by atoms with Crippen molar-refractivity contribution in [1.82, 2.24) is 23.1 Å². The van der Waals surface area contributed by atoms with Crippen molar-refractivity contribution in [2.45, 2.75) is 98.8 Å². The van der Waals surface area contributed by atoms with E-state index in [1.165, 1.54) is 15.7 Å². The smallest absolute Gasteiger partial charge is 0.184 e. The number of nitrogens with zero attached hydrogens (tertiary/aromatic N) is 5. The fourth-order valence-corrected chi connectivity index (χ4v) is 10.8. The first-order chi connectivity index (χ1) is 37.9. The molecule has 72 heavy (non-hydrogen) atoms. The molecule has 3 aliphatic rings. The van der Waals surface area contributed by atoms with Crippen LogP contribution in [0.5, 0.6) is 11.5 Å². The predicted octanol–water partition coefficient (Wildman–Crippen LogP) is 17.1. The van der Waals surface area contributed by atoms with Gasteiger partial charge in [0.2, 0.25) is 0 Å². The first-order valence-electron chi connectivity index (χ1n) is 29.5. The molecule has 13 rings (SSSR count). The number of ether oxygens (including phenoxy) is 1. The van der Waals surface area contributed by atoms with Crippen LogP contribution in [0.25, 0.3) is 55.1 Å². The third-order valence-corrected chi connectivity index (χ3v) is 14.4. The molecular formula is C65H64N5OPt-. The van der Waals surface area contributed by atoms with Crippen LogP contribution in [0.4, 0.5) is 22.7 Å². The van der Waals surface area contributed by atoms with Crippen LogP contribution in [-0.4, -0.2) is 20.8 Å². The maximum atomic E-state index is 9.56. The van der Waals surface area contributed by atoms with Crippen molar-refractivity contribution < 1.29 is 39.5 Å². The summed E-state index contributed by atoms with van der Waals surface area (Å²) in [6.45, 7) is 26.7. The van der Waals surface area contributed by atoms with Gasteiger partial charge in [-0.25, -0.2) is 4.98 Å². The molecule has 6 heterocycles. The van der Waals surface area contributed by atoms with Gasteiger partial charge in [0.15, 0.2) is 18.0 Å². The Balaban J connectivity index is 0.00000705. The van der Waals surface area contributed by atoms with Gasteiger partial charge in [-0.3, -0.25) is 4.48 Å². The maximum Gasteiger partial charge on any atom is 0.184 e. The average Bonchev–Trinajstić information content (AvgIpc) is 1.83. The van der Waals surface area contributed by atoms with Crippen LogP contribution in [0.1, 0.15) is 112 Å². The molecule has 366 valence electrons. The van der Waals surface area contributed by atoms with Crippen molar-refractivity contribution in [3.8, 4) is 23.0 Å². The minimum atomic E-state index is -1.63. The molecule has 3 aliphatic heterocycles. The normalized spacial score (nSPS) is 19.9. The number of pyridine rings is 1. The summed E-state index contributed by atoms with van der Waals surface area (Å²) >= 11 is 0. The van der Waals surface area contributed by atoms with Crippen LogP contribution >= 0.6 is 0 Å². The summed E-state index contributed by atoms with van der Waals surface area (Å²) in [5, 5.41) is 1.49. The predicted molar refractivity (Wildman–Crippen MR) is 297 cm³/mol. The van der Waals surface area contributed by atoms with Gasteiger partial charge in [-0.2, -0.15) is 12.1 Å². The molecule has 0 aliphatic carbocycles. The standard InChI is InChI=1S/C65H64N5O.Pt/c1-42(2)32-43-18-16-25-60-62(43)70(49-34-45(64(6,7)8)33-46(35-49)65(9,10)11)40-69(60,41-70)48-19-17-20-50(38-48)71-51-27-28-54-55-37-47(67-56-23-14-12-21-52(56)53-22-13-15-24-57(53)67)26-29-58(55)68(59(54)39-51)61-36-44(30-31-66-61)63(3,4)5;/h12-31,33-37,40,42H,32,41H2,1-11H3;/q-1;/t69-,70+;/m1./s1/i12D,13D,14D,15D,21D,22D,23D,24D,32D2;. The van der Waals surface area contributed by atoms with Gasteiger partial charge in [-0.15, -0.1) is 29.7 Å². The SMILES string of the molecule is [2H]c1c([2H])c([2H])c2c(c1[2H])c1c([2H])c([2H])c([2H])c([2H])c1n2-c1ccc2c(c1)c1ccc(Oc3[c-]c([N@@+]45[CH-][N@@+](c6cc(C(C)(C)C)cc(C(C)(C)C)c6)(C4)c4c(C([2H])([2H])C(C)C)cccc45)ccc3)[c-]c1n2-c1cc(C(C)(C)C)ccn1.[Pt]. The summed E-state index contributed by atoms with van der Waals surface area (Å²) in [5.41, 5.74) is 9.44. The van der Waals surface area contributed by atoms with Gasteiger partial charge in [-0.1, -0.05) is 142 Å². The minimum absolute atomic E-state index is 0. The molecule has 2 bridgehead atoms. The molecule has 0 unspecified atom stereocenters. The number of hydrogen-bond acceptors (Lipinski definition) is 2. The number of rotatable bonds is 8. The Labute approximate surface area is 454 Å². The van der Waals surface area contributed by atoms with E-state index in [-0.39, 0.29) is 77.1 Å². The van der Waals surface area contributed by atoms with E-state index in [9.17, 15) is 2.74 Å². The molecule has 1 fully saturated rings. The Hall–Kier alpha value is -6.30. The van der Waals surface area contributed by atoms with Gasteiger partial charge < -0.3 is 18.4 Å². The van der Waals surface area contributed by atoms with Crippen LogP contribution in [-0.2, 0) is 43.7 Å². The molecule has 6 nitrogen and oxygen atoms in total. The zero-order valence-corrected chi connectivity index (χ0v) is 44.9. The van der Waals surface area contributed by atoms with E-state index in [4.69, 9.17) is 20.7 Å². The van der Waals surface area contributed by atoms with Crippen LogP contribution in [0.15, 0.2) is 152 Å². The van der Waals surface area contributed by atoms with E-state index >= 15 is 0 Å². The van der Waals surface area contributed by atoms with Crippen molar-refractivity contribution in [3.05, 3.63) is 193 Å². The van der Waals surface area contributed by atoms with Crippen LogP contribution in [0.3, 0.4) is 0 Å². The van der Waals surface area contributed by atoms with Crippen LogP contribution in [0.2, 0.25) is 0 Å². The molecule has 0 radical (unpaired) electrons. The van der Waals surface area contributed by atoms with Gasteiger partial charge in [0.1, 0.15) is 11.5 Å². The number of para-hydroxylation sites is 3. The second kappa shape index (κ2) is 16.9. The molecule has 1 saturated heterocycles. The summed E-state index contributed by atoms with van der Waals surface area (Å²) < 4.78 is 101. The zero-order chi connectivity index (χ0) is 58.2. The molecule has 3 aromatic heterocycles. The third kappa shape index (κ3) is 7.58. The third-order valence-electron chi connectivity index (χ3n) is 14.4. The molecule has 2 atom stereocenters.